The van der Waals surface area contributed by atoms with Gasteiger partial charge in [0, 0.05) is 13.0 Å². The minimum atomic E-state index is -4.55. The van der Waals surface area contributed by atoms with Crippen LogP contribution in [0, 0.1) is 0 Å². The highest BCUT2D eigenvalue weighted by Gasteiger charge is 2.26. The number of carbonyl (C=O) groups is 1. The lowest BCUT2D eigenvalue weighted by Gasteiger charge is -2.20. The fourth-order valence-corrected chi connectivity index (χ4v) is 7.60. The Bertz CT molecular complexity index is 1350. The molecule has 10 heteroatoms. The van der Waals surface area contributed by atoms with E-state index >= 15 is 0 Å². The second-order valence-corrected chi connectivity index (χ2v) is 18.6. The molecule has 0 saturated carbocycles. The normalized spacial score (nSPS) is 14.6. The van der Waals surface area contributed by atoms with Gasteiger partial charge in [-0.25, -0.2) is 4.57 Å². The van der Waals surface area contributed by atoms with Crippen LogP contribution in [0.2, 0.25) is 0 Å². The number of unbranched alkanes of at least 4 members (excludes halogenated alkanes) is 19. The third kappa shape index (κ3) is 50.8. The number of aliphatic hydroxyl groups excluding tert-OH is 2. The van der Waals surface area contributed by atoms with Crippen LogP contribution >= 0.6 is 7.82 Å². The summed E-state index contributed by atoms with van der Waals surface area (Å²) in [5.74, 6) is -0.442. The summed E-state index contributed by atoms with van der Waals surface area (Å²) in [5.41, 5.74) is 0. The van der Waals surface area contributed by atoms with E-state index in [1.54, 1.807) is 0 Å². The van der Waals surface area contributed by atoms with Crippen LogP contribution in [0.1, 0.15) is 206 Å². The largest absolute Gasteiger partial charge is 0.472 e. The van der Waals surface area contributed by atoms with Crippen LogP contribution in [-0.4, -0.2) is 66.3 Å². The number of allylic oxidation sites excluding steroid dienone is 16. The molecule has 0 spiro atoms. The van der Waals surface area contributed by atoms with Crippen molar-refractivity contribution in [2.24, 2.45) is 0 Å². The summed E-state index contributed by atoms with van der Waals surface area (Å²) < 4.78 is 33.5. The van der Waals surface area contributed by atoms with Crippen LogP contribution < -0.4 is 0 Å². The lowest BCUT2D eigenvalue weighted by atomic mass is 10.1. The Morgan fingerprint density at radius 2 is 0.864 bits per heavy atom. The molecule has 0 rings (SSSR count). The highest BCUT2D eigenvalue weighted by molar-refractivity contribution is 7.47. The summed E-state index contributed by atoms with van der Waals surface area (Å²) in [6.07, 6.45) is 66.7. The van der Waals surface area contributed by atoms with Crippen molar-refractivity contribution in [3.05, 3.63) is 97.2 Å². The summed E-state index contributed by atoms with van der Waals surface area (Å²) >= 11 is 0. The molecule has 3 N–H and O–H groups in total. The Hall–Kier alpha value is -2.62. The quantitative estimate of drug-likeness (QED) is 0.0236. The Labute approximate surface area is 404 Å². The zero-order valence-electron chi connectivity index (χ0n) is 41.9. The molecular formula is C56H97O9P. The van der Waals surface area contributed by atoms with E-state index in [9.17, 15) is 19.4 Å². The van der Waals surface area contributed by atoms with Gasteiger partial charge in [0.05, 0.1) is 26.4 Å². The van der Waals surface area contributed by atoms with Crippen molar-refractivity contribution in [2.75, 3.05) is 33.0 Å². The predicted molar refractivity (Wildman–Crippen MR) is 278 cm³/mol. The van der Waals surface area contributed by atoms with Crippen molar-refractivity contribution in [3.63, 3.8) is 0 Å². The SMILES string of the molecule is CC/C=C\C/C=C\C/C=C\C/C=C\C/C=C\C/C=C\C/C=C\CCCC(=O)OC(COCCCCCCCCCCCC/C=C\CCCCCCCCCC)COP(=O)(O)OCC(O)CO. The van der Waals surface area contributed by atoms with Gasteiger partial charge in [0.1, 0.15) is 12.2 Å². The minimum absolute atomic E-state index is 0.0198. The summed E-state index contributed by atoms with van der Waals surface area (Å²) in [6.45, 7) is 3.33. The summed E-state index contributed by atoms with van der Waals surface area (Å²) in [4.78, 5) is 22.7. The number of carbonyl (C=O) groups excluding carboxylic acids is 1. The fraction of sp³-hybridized carbons (Fsp3) is 0.696. The number of hydrogen-bond acceptors (Lipinski definition) is 8. The van der Waals surface area contributed by atoms with E-state index in [2.05, 4.69) is 111 Å². The number of hydrogen-bond donors (Lipinski definition) is 3. The van der Waals surface area contributed by atoms with Crippen molar-refractivity contribution in [2.45, 2.75) is 219 Å². The van der Waals surface area contributed by atoms with Gasteiger partial charge in [0.15, 0.2) is 0 Å². The smallest absolute Gasteiger partial charge is 0.457 e. The number of esters is 1. The van der Waals surface area contributed by atoms with E-state index in [0.29, 0.717) is 13.0 Å². The van der Waals surface area contributed by atoms with Crippen molar-refractivity contribution < 1.29 is 43.0 Å². The first-order valence-electron chi connectivity index (χ1n) is 26.2. The van der Waals surface area contributed by atoms with E-state index in [4.69, 9.17) is 23.6 Å². The molecule has 0 aliphatic rings. The van der Waals surface area contributed by atoms with Gasteiger partial charge in [-0.1, -0.05) is 207 Å². The Morgan fingerprint density at radius 1 is 0.485 bits per heavy atom. The van der Waals surface area contributed by atoms with Crippen LogP contribution in [0.15, 0.2) is 97.2 Å². The molecular weight excluding hydrogens is 848 g/mol. The van der Waals surface area contributed by atoms with E-state index in [1.807, 2.05) is 0 Å². The molecule has 0 amide bonds. The first kappa shape index (κ1) is 63.4. The molecule has 0 aromatic heterocycles. The molecule has 0 heterocycles. The van der Waals surface area contributed by atoms with Crippen molar-refractivity contribution >= 4 is 13.8 Å². The third-order valence-electron chi connectivity index (χ3n) is 10.8. The molecule has 380 valence electrons. The van der Waals surface area contributed by atoms with Gasteiger partial charge in [-0.15, -0.1) is 0 Å². The number of aliphatic hydroxyl groups is 2. The van der Waals surface area contributed by atoms with Gasteiger partial charge < -0.3 is 24.6 Å². The number of ether oxygens (including phenoxy) is 2. The standard InChI is InChI=1S/C56H97O9P/c1-3-5-7-9-11-13-15-17-19-21-23-25-27-28-30-32-34-36-38-40-42-44-46-48-56(59)65-55(53-64-66(60,61)63-51-54(58)50-57)52-62-49-47-45-43-41-39-37-35-33-31-29-26-24-22-20-18-16-14-12-10-8-6-4-2/h5,7,11,13,17,19,22-25,28,30,34,36,40,42,54-55,57-58H,3-4,6,8-10,12,14-16,18,20-21,26-27,29,31-33,35,37-39,41,43-53H2,1-2H3,(H,60,61)/b7-5-,13-11-,19-17-,24-22-,25-23-,30-28-,36-34-,42-40-. The van der Waals surface area contributed by atoms with Crippen LogP contribution in [-0.2, 0) is 27.9 Å². The third-order valence-corrected chi connectivity index (χ3v) is 11.7. The number of phosphoric ester groups is 1. The molecule has 66 heavy (non-hydrogen) atoms. The molecule has 3 unspecified atom stereocenters. The molecule has 3 atom stereocenters. The van der Waals surface area contributed by atoms with Gasteiger partial charge >= 0.3 is 13.8 Å². The van der Waals surface area contributed by atoms with Gasteiger partial charge in [0.25, 0.3) is 0 Å². The van der Waals surface area contributed by atoms with E-state index in [0.717, 1.165) is 70.6 Å². The van der Waals surface area contributed by atoms with Crippen LogP contribution in [0.4, 0.5) is 0 Å². The molecule has 0 aromatic carbocycles. The van der Waals surface area contributed by atoms with Crippen molar-refractivity contribution in [3.8, 4) is 0 Å². The molecule has 0 saturated heterocycles. The molecule has 0 bridgehead atoms. The minimum Gasteiger partial charge on any atom is -0.457 e. The monoisotopic (exact) mass is 945 g/mol. The first-order chi connectivity index (χ1) is 32.3. The van der Waals surface area contributed by atoms with Gasteiger partial charge in [-0.05, 0) is 89.9 Å². The second-order valence-electron chi connectivity index (χ2n) is 17.2. The van der Waals surface area contributed by atoms with Gasteiger partial charge in [-0.2, -0.15) is 0 Å². The topological polar surface area (TPSA) is 132 Å². The maximum atomic E-state index is 12.7. The number of rotatable bonds is 49. The van der Waals surface area contributed by atoms with E-state index in [-0.39, 0.29) is 13.0 Å². The lowest BCUT2D eigenvalue weighted by Crippen LogP contribution is -2.29. The zero-order valence-corrected chi connectivity index (χ0v) is 42.8. The fourth-order valence-electron chi connectivity index (χ4n) is 6.81. The van der Waals surface area contributed by atoms with E-state index in [1.165, 1.54) is 109 Å². The molecule has 0 aliphatic carbocycles. The Morgan fingerprint density at radius 3 is 1.32 bits per heavy atom. The number of phosphoric acid groups is 1. The molecule has 0 radical (unpaired) electrons. The van der Waals surface area contributed by atoms with Crippen LogP contribution in [0.3, 0.4) is 0 Å². The van der Waals surface area contributed by atoms with Crippen LogP contribution in [0.5, 0.6) is 0 Å². The van der Waals surface area contributed by atoms with E-state index < -0.39 is 45.8 Å². The lowest BCUT2D eigenvalue weighted by molar-refractivity contribution is -0.154. The maximum absolute atomic E-state index is 12.7. The Balaban J connectivity index is 4.20. The predicted octanol–water partition coefficient (Wildman–Crippen LogP) is 15.6. The highest BCUT2D eigenvalue weighted by Crippen LogP contribution is 2.43. The maximum Gasteiger partial charge on any atom is 0.472 e. The van der Waals surface area contributed by atoms with Crippen molar-refractivity contribution in [1.82, 2.24) is 0 Å². The summed E-state index contributed by atoms with van der Waals surface area (Å²) in [7, 11) is -4.55. The van der Waals surface area contributed by atoms with Gasteiger partial charge in [-0.3, -0.25) is 13.8 Å². The highest BCUT2D eigenvalue weighted by atomic mass is 31.2. The Kier molecular flexibility index (Phi) is 49.7. The molecule has 9 nitrogen and oxygen atoms in total. The molecule has 0 aromatic rings. The van der Waals surface area contributed by atoms with Gasteiger partial charge in [0.2, 0.25) is 0 Å². The average molecular weight is 945 g/mol. The van der Waals surface area contributed by atoms with Crippen LogP contribution in [0.25, 0.3) is 0 Å². The average Bonchev–Trinajstić information content (AvgIpc) is 3.31. The summed E-state index contributed by atoms with van der Waals surface area (Å²) in [6, 6.07) is 0. The summed E-state index contributed by atoms with van der Waals surface area (Å²) in [5, 5.41) is 18.4. The zero-order chi connectivity index (χ0) is 48.1. The first-order valence-corrected chi connectivity index (χ1v) is 27.7. The van der Waals surface area contributed by atoms with Crippen molar-refractivity contribution in [1.29, 1.82) is 0 Å². The molecule has 0 fully saturated rings. The molecule has 0 aliphatic heterocycles. The second kappa shape index (κ2) is 51.8.